The van der Waals surface area contributed by atoms with Gasteiger partial charge in [0.2, 0.25) is 0 Å². The lowest BCUT2D eigenvalue weighted by atomic mass is 10.0. The normalized spacial score (nSPS) is 11.3. The highest BCUT2D eigenvalue weighted by atomic mass is 14.9. The summed E-state index contributed by atoms with van der Waals surface area (Å²) in [6, 6.07) is 8.93. The summed E-state index contributed by atoms with van der Waals surface area (Å²) in [6.07, 6.45) is 37.1. The minimum Gasteiger partial charge on any atom is -0.236 e. The van der Waals surface area contributed by atoms with Gasteiger partial charge in [-0.25, -0.2) is 9.97 Å². The zero-order valence-corrected chi connectivity index (χ0v) is 25.3. The number of nitrogens with zero attached hydrogens (tertiary/aromatic N) is 2. The molecule has 0 aliphatic carbocycles. The first-order valence-electron chi connectivity index (χ1n) is 16.7. The highest BCUT2D eigenvalue weighted by Gasteiger charge is 2.03. The second-order valence-electron chi connectivity index (χ2n) is 11.7. The van der Waals surface area contributed by atoms with Crippen LogP contribution in [0.25, 0.3) is 11.4 Å². The molecule has 2 rings (SSSR count). The Balaban J connectivity index is 1.48. The van der Waals surface area contributed by atoms with Crippen LogP contribution in [0.1, 0.15) is 166 Å². The van der Waals surface area contributed by atoms with Gasteiger partial charge in [-0.15, -0.1) is 0 Å². The summed E-state index contributed by atoms with van der Waals surface area (Å²) in [6.45, 7) is 4.58. The third-order valence-corrected chi connectivity index (χ3v) is 8.06. The van der Waals surface area contributed by atoms with Crippen molar-refractivity contribution < 1.29 is 0 Å². The van der Waals surface area contributed by atoms with Gasteiger partial charge in [0.1, 0.15) is 0 Å². The summed E-state index contributed by atoms with van der Waals surface area (Å²) in [5.74, 6) is 0.855. The first-order valence-corrected chi connectivity index (χ1v) is 16.7. The number of rotatable bonds is 25. The van der Waals surface area contributed by atoms with E-state index in [0.29, 0.717) is 0 Å². The molecule has 1 heterocycles. The summed E-state index contributed by atoms with van der Waals surface area (Å²) in [5.41, 5.74) is 3.85. The standard InChI is InChI=1S/C36H60N2/c1-3-5-7-9-11-13-14-15-16-17-18-20-22-24-26-34-31-37-36(38-32-34)35-29-27-33(28-30-35)25-23-21-19-12-10-8-6-4-2/h27-32H,3-26H2,1-2H3. The van der Waals surface area contributed by atoms with Crippen LogP contribution < -0.4 is 0 Å². The number of hydrogen-bond donors (Lipinski definition) is 0. The van der Waals surface area contributed by atoms with Gasteiger partial charge in [-0.2, -0.15) is 0 Å². The number of aryl methyl sites for hydroxylation is 2. The lowest BCUT2D eigenvalue weighted by molar-refractivity contribution is 0.535. The summed E-state index contributed by atoms with van der Waals surface area (Å²) in [5, 5.41) is 0. The molecule has 0 radical (unpaired) electrons. The summed E-state index contributed by atoms with van der Waals surface area (Å²) in [4.78, 5) is 9.34. The van der Waals surface area contributed by atoms with E-state index in [1.54, 1.807) is 0 Å². The van der Waals surface area contributed by atoms with E-state index in [1.165, 1.54) is 159 Å². The highest BCUT2D eigenvalue weighted by Crippen LogP contribution is 2.18. The molecular weight excluding hydrogens is 460 g/mol. The van der Waals surface area contributed by atoms with Crippen molar-refractivity contribution in [1.29, 1.82) is 0 Å². The molecule has 2 nitrogen and oxygen atoms in total. The minimum absolute atomic E-state index is 0.855. The number of aromatic nitrogens is 2. The maximum atomic E-state index is 4.67. The predicted molar refractivity (Wildman–Crippen MR) is 168 cm³/mol. The number of hydrogen-bond acceptors (Lipinski definition) is 2. The molecule has 0 bridgehead atoms. The molecule has 0 atom stereocenters. The van der Waals surface area contributed by atoms with E-state index in [1.807, 2.05) is 12.4 Å². The molecule has 0 unspecified atom stereocenters. The van der Waals surface area contributed by atoms with Crippen molar-refractivity contribution in [2.24, 2.45) is 0 Å². The minimum atomic E-state index is 0.855. The largest absolute Gasteiger partial charge is 0.236 e. The first kappa shape index (κ1) is 32.5. The van der Waals surface area contributed by atoms with Crippen molar-refractivity contribution in [3.8, 4) is 11.4 Å². The molecule has 0 saturated carbocycles. The van der Waals surface area contributed by atoms with E-state index in [4.69, 9.17) is 0 Å². The van der Waals surface area contributed by atoms with Crippen molar-refractivity contribution in [1.82, 2.24) is 9.97 Å². The Hall–Kier alpha value is -1.70. The molecular formula is C36H60N2. The van der Waals surface area contributed by atoms with Crippen LogP contribution in [0.15, 0.2) is 36.7 Å². The maximum absolute atomic E-state index is 4.67. The van der Waals surface area contributed by atoms with Crippen molar-refractivity contribution in [3.05, 3.63) is 47.8 Å². The zero-order chi connectivity index (χ0) is 26.9. The molecule has 2 aromatic rings. The molecule has 38 heavy (non-hydrogen) atoms. The Kier molecular flexibility index (Phi) is 19.9. The van der Waals surface area contributed by atoms with Crippen molar-refractivity contribution in [2.75, 3.05) is 0 Å². The maximum Gasteiger partial charge on any atom is 0.159 e. The van der Waals surface area contributed by atoms with Gasteiger partial charge in [-0.1, -0.05) is 167 Å². The molecule has 0 N–H and O–H groups in total. The van der Waals surface area contributed by atoms with Gasteiger partial charge in [-0.3, -0.25) is 0 Å². The Morgan fingerprint density at radius 1 is 0.395 bits per heavy atom. The number of unbranched alkanes of at least 4 members (excludes halogenated alkanes) is 20. The molecule has 0 spiro atoms. The molecule has 0 fully saturated rings. The fraction of sp³-hybridized carbons (Fsp3) is 0.722. The monoisotopic (exact) mass is 520 g/mol. The third-order valence-electron chi connectivity index (χ3n) is 8.06. The van der Waals surface area contributed by atoms with Gasteiger partial charge in [0, 0.05) is 18.0 Å². The molecule has 0 aliphatic heterocycles. The van der Waals surface area contributed by atoms with E-state index in [0.717, 1.165) is 17.8 Å². The Bertz CT molecular complexity index is 765. The third kappa shape index (κ3) is 16.3. The second-order valence-corrected chi connectivity index (χ2v) is 11.7. The molecule has 0 amide bonds. The fourth-order valence-electron chi connectivity index (χ4n) is 5.44. The van der Waals surface area contributed by atoms with Crippen LogP contribution in [0.2, 0.25) is 0 Å². The summed E-state index contributed by atoms with van der Waals surface area (Å²) in [7, 11) is 0. The SMILES string of the molecule is CCCCCCCCCCCCCCCCc1cnc(-c2ccc(CCCCCCCCCC)cc2)nc1. The van der Waals surface area contributed by atoms with Crippen LogP contribution in [0.5, 0.6) is 0 Å². The lowest BCUT2D eigenvalue weighted by Crippen LogP contribution is -1.94. The lowest BCUT2D eigenvalue weighted by Gasteiger charge is -2.06. The van der Waals surface area contributed by atoms with Crippen LogP contribution in [-0.4, -0.2) is 9.97 Å². The molecule has 1 aromatic carbocycles. The van der Waals surface area contributed by atoms with E-state index < -0.39 is 0 Å². The van der Waals surface area contributed by atoms with Gasteiger partial charge in [0.25, 0.3) is 0 Å². The van der Waals surface area contributed by atoms with Gasteiger partial charge in [0.15, 0.2) is 5.82 Å². The molecule has 214 valence electrons. The van der Waals surface area contributed by atoms with Crippen LogP contribution >= 0.6 is 0 Å². The molecule has 0 saturated heterocycles. The van der Waals surface area contributed by atoms with Gasteiger partial charge >= 0.3 is 0 Å². The Labute approximate surface area is 236 Å². The van der Waals surface area contributed by atoms with Crippen LogP contribution in [0.4, 0.5) is 0 Å². The van der Waals surface area contributed by atoms with Gasteiger partial charge in [-0.05, 0) is 36.8 Å². The van der Waals surface area contributed by atoms with E-state index in [9.17, 15) is 0 Å². The Morgan fingerprint density at radius 2 is 0.737 bits per heavy atom. The van der Waals surface area contributed by atoms with Crippen LogP contribution in [0, 0.1) is 0 Å². The second kappa shape index (κ2) is 23.2. The molecule has 2 heteroatoms. The predicted octanol–water partition coefficient (Wildman–Crippen LogP) is 11.9. The summed E-state index contributed by atoms with van der Waals surface area (Å²) < 4.78 is 0. The van der Waals surface area contributed by atoms with Crippen LogP contribution in [0.3, 0.4) is 0 Å². The van der Waals surface area contributed by atoms with E-state index in [-0.39, 0.29) is 0 Å². The molecule has 0 aliphatic rings. The topological polar surface area (TPSA) is 25.8 Å². The van der Waals surface area contributed by atoms with Crippen LogP contribution in [-0.2, 0) is 12.8 Å². The summed E-state index contributed by atoms with van der Waals surface area (Å²) >= 11 is 0. The van der Waals surface area contributed by atoms with Gasteiger partial charge in [0.05, 0.1) is 0 Å². The van der Waals surface area contributed by atoms with Crippen molar-refractivity contribution in [3.63, 3.8) is 0 Å². The fourth-order valence-corrected chi connectivity index (χ4v) is 5.44. The van der Waals surface area contributed by atoms with Crippen molar-refractivity contribution in [2.45, 2.75) is 168 Å². The zero-order valence-electron chi connectivity index (χ0n) is 25.3. The first-order chi connectivity index (χ1) is 18.8. The Morgan fingerprint density at radius 3 is 1.13 bits per heavy atom. The van der Waals surface area contributed by atoms with E-state index >= 15 is 0 Å². The van der Waals surface area contributed by atoms with Crippen molar-refractivity contribution >= 4 is 0 Å². The quantitative estimate of drug-likeness (QED) is 0.122. The average Bonchev–Trinajstić information content (AvgIpc) is 2.95. The molecule has 1 aromatic heterocycles. The van der Waals surface area contributed by atoms with E-state index in [2.05, 4.69) is 48.1 Å². The smallest absolute Gasteiger partial charge is 0.159 e. The number of benzene rings is 1. The van der Waals surface area contributed by atoms with Gasteiger partial charge < -0.3 is 0 Å². The average molecular weight is 521 g/mol. The highest BCUT2D eigenvalue weighted by molar-refractivity contribution is 5.55.